The average Bonchev–Trinajstić information content (AvgIpc) is 1.91. The van der Waals surface area contributed by atoms with Gasteiger partial charge in [-0.15, -0.1) is 10.2 Å². The predicted octanol–water partition coefficient (Wildman–Crippen LogP) is -0.899. The molecule has 4 nitrogen and oxygen atoms in total. The zero-order valence-electron chi connectivity index (χ0n) is 3.92. The Morgan fingerprint density at radius 3 is 2.71 bits per heavy atom. The van der Waals surface area contributed by atoms with Crippen molar-refractivity contribution in [1.29, 1.82) is 0 Å². The van der Waals surface area contributed by atoms with E-state index in [4.69, 9.17) is 5.84 Å². The van der Waals surface area contributed by atoms with E-state index < -0.39 is 0 Å². The van der Waals surface area contributed by atoms with Gasteiger partial charge >= 0.3 is 0 Å². The largest absolute Gasteiger partial charge is 0.336 e. The van der Waals surface area contributed by atoms with Crippen LogP contribution in [0.4, 0.5) is 0 Å². The Kier molecular flexibility index (Phi) is 0.714. The van der Waals surface area contributed by atoms with Crippen molar-refractivity contribution in [3.63, 3.8) is 0 Å². The lowest BCUT2D eigenvalue weighted by Crippen LogP contribution is -2.08. The molecule has 0 amide bonds. The summed E-state index contributed by atoms with van der Waals surface area (Å²) in [6.07, 6.45) is 2.40. The molecule has 1 aromatic rings. The Labute approximate surface area is 40.9 Å². The summed E-state index contributed by atoms with van der Waals surface area (Å²) >= 11 is 0. The molecule has 0 atom stereocenters. The monoisotopic (exact) mass is 97.1 g/mol. The molecule has 0 aliphatic heterocycles. The van der Waals surface area contributed by atoms with Gasteiger partial charge < -0.3 is 5.84 Å². The molecule has 0 saturated carbocycles. The summed E-state index contributed by atoms with van der Waals surface area (Å²) in [4.78, 5) is 0. The molecule has 1 rings (SSSR count). The number of nitrogens with zero attached hydrogens (tertiary/aromatic N) is 3. The number of rotatable bonds is 0. The standard InChI is InChI=1S/C3H5N4/c1-3-6-5-2-7(3)4/h4H2,1H3. The van der Waals surface area contributed by atoms with Crippen molar-refractivity contribution in [3.05, 3.63) is 12.2 Å². The molecule has 0 saturated heterocycles. The van der Waals surface area contributed by atoms with Gasteiger partial charge in [0.25, 0.3) is 0 Å². The number of hydrogen-bond donors (Lipinski definition) is 1. The number of aromatic nitrogens is 3. The van der Waals surface area contributed by atoms with Crippen molar-refractivity contribution < 1.29 is 0 Å². The van der Waals surface area contributed by atoms with Gasteiger partial charge in [0.15, 0.2) is 0 Å². The van der Waals surface area contributed by atoms with Crippen molar-refractivity contribution in [2.75, 3.05) is 5.84 Å². The second-order valence-electron chi connectivity index (χ2n) is 1.22. The summed E-state index contributed by atoms with van der Waals surface area (Å²) in [6, 6.07) is 0. The van der Waals surface area contributed by atoms with Crippen LogP contribution in [-0.4, -0.2) is 14.9 Å². The van der Waals surface area contributed by atoms with E-state index >= 15 is 0 Å². The number of aryl methyl sites for hydroxylation is 1. The Bertz CT molecular complexity index is 139. The van der Waals surface area contributed by atoms with Crippen LogP contribution in [0.1, 0.15) is 5.82 Å². The Hall–Kier alpha value is -1.06. The Morgan fingerprint density at radius 1 is 1.86 bits per heavy atom. The Balaban J connectivity index is 3.12. The summed E-state index contributed by atoms with van der Waals surface area (Å²) in [5.74, 6) is 5.84. The molecule has 0 fully saturated rings. The smallest absolute Gasteiger partial charge is 0.222 e. The summed E-state index contributed by atoms with van der Waals surface area (Å²) < 4.78 is 1.24. The molecule has 2 N–H and O–H groups in total. The van der Waals surface area contributed by atoms with Gasteiger partial charge in [-0.2, -0.15) is 0 Å². The van der Waals surface area contributed by atoms with Gasteiger partial charge in [0.1, 0.15) is 5.82 Å². The van der Waals surface area contributed by atoms with E-state index in [1.54, 1.807) is 6.92 Å². The van der Waals surface area contributed by atoms with Crippen molar-refractivity contribution >= 4 is 0 Å². The summed E-state index contributed by atoms with van der Waals surface area (Å²) in [6.45, 7) is 1.75. The van der Waals surface area contributed by atoms with Crippen LogP contribution in [0.3, 0.4) is 0 Å². The van der Waals surface area contributed by atoms with Crippen LogP contribution in [0.2, 0.25) is 0 Å². The van der Waals surface area contributed by atoms with Crippen LogP contribution in [0, 0.1) is 13.3 Å². The van der Waals surface area contributed by atoms with Crippen LogP contribution < -0.4 is 5.84 Å². The zero-order valence-corrected chi connectivity index (χ0v) is 3.92. The quantitative estimate of drug-likeness (QED) is 0.427. The minimum absolute atomic E-state index is 0.667. The molecule has 0 bridgehead atoms. The molecule has 7 heavy (non-hydrogen) atoms. The minimum atomic E-state index is 0.667. The Morgan fingerprint density at radius 2 is 2.57 bits per heavy atom. The third-order valence-electron chi connectivity index (χ3n) is 0.696. The lowest BCUT2D eigenvalue weighted by molar-refractivity contribution is 0.921. The van der Waals surface area contributed by atoms with E-state index in [2.05, 4.69) is 16.5 Å². The SMILES string of the molecule is Cc1nn[c]n1N. The highest BCUT2D eigenvalue weighted by Gasteiger charge is 1.87. The van der Waals surface area contributed by atoms with Gasteiger partial charge in [0.05, 0.1) is 0 Å². The molecular formula is C3H5N4. The maximum absolute atomic E-state index is 5.18. The normalized spacial score (nSPS) is 9.29. The topological polar surface area (TPSA) is 56.7 Å². The van der Waals surface area contributed by atoms with Crippen LogP contribution in [0.15, 0.2) is 0 Å². The van der Waals surface area contributed by atoms with Gasteiger partial charge in [-0.25, -0.2) is 4.68 Å². The van der Waals surface area contributed by atoms with Crippen LogP contribution >= 0.6 is 0 Å². The molecule has 0 unspecified atom stereocenters. The zero-order chi connectivity index (χ0) is 5.28. The molecule has 1 aromatic heterocycles. The van der Waals surface area contributed by atoms with E-state index in [1.165, 1.54) is 4.68 Å². The van der Waals surface area contributed by atoms with Gasteiger partial charge in [0.2, 0.25) is 6.33 Å². The first-order valence-electron chi connectivity index (χ1n) is 1.85. The maximum Gasteiger partial charge on any atom is 0.222 e. The molecule has 1 heterocycles. The highest BCUT2D eigenvalue weighted by molar-refractivity contribution is 4.76. The van der Waals surface area contributed by atoms with E-state index in [0.29, 0.717) is 5.82 Å². The van der Waals surface area contributed by atoms with Crippen molar-refractivity contribution in [3.8, 4) is 0 Å². The third-order valence-corrected chi connectivity index (χ3v) is 0.696. The highest BCUT2D eigenvalue weighted by Crippen LogP contribution is 1.78. The summed E-state index contributed by atoms with van der Waals surface area (Å²) in [7, 11) is 0. The van der Waals surface area contributed by atoms with Gasteiger partial charge in [-0.3, -0.25) is 0 Å². The third kappa shape index (κ3) is 0.534. The van der Waals surface area contributed by atoms with E-state index in [0.717, 1.165) is 0 Å². The van der Waals surface area contributed by atoms with Crippen LogP contribution in [0.5, 0.6) is 0 Å². The van der Waals surface area contributed by atoms with E-state index in [1.807, 2.05) is 0 Å². The first kappa shape index (κ1) is 4.11. The molecule has 1 radical (unpaired) electrons. The van der Waals surface area contributed by atoms with E-state index in [-0.39, 0.29) is 0 Å². The van der Waals surface area contributed by atoms with Crippen molar-refractivity contribution in [1.82, 2.24) is 14.9 Å². The number of hydrogen-bond acceptors (Lipinski definition) is 3. The molecule has 37 valence electrons. The fourth-order valence-electron chi connectivity index (χ4n) is 0.263. The molecule has 0 aliphatic rings. The molecular weight excluding hydrogens is 92.1 g/mol. The maximum atomic E-state index is 5.18. The lowest BCUT2D eigenvalue weighted by Gasteiger charge is -1.84. The fraction of sp³-hybridized carbons (Fsp3) is 0.333. The van der Waals surface area contributed by atoms with Crippen LogP contribution in [-0.2, 0) is 0 Å². The molecule has 0 aromatic carbocycles. The van der Waals surface area contributed by atoms with Crippen molar-refractivity contribution in [2.24, 2.45) is 0 Å². The second-order valence-corrected chi connectivity index (χ2v) is 1.22. The first-order chi connectivity index (χ1) is 3.30. The number of nitrogens with two attached hydrogens (primary N) is 1. The van der Waals surface area contributed by atoms with Crippen molar-refractivity contribution in [2.45, 2.75) is 6.92 Å². The fourth-order valence-corrected chi connectivity index (χ4v) is 0.263. The lowest BCUT2D eigenvalue weighted by atomic mass is 10.7. The number of nitrogen functional groups attached to an aromatic ring is 1. The predicted molar refractivity (Wildman–Crippen MR) is 23.7 cm³/mol. The average molecular weight is 97.1 g/mol. The summed E-state index contributed by atoms with van der Waals surface area (Å²) in [5.41, 5.74) is 0. The van der Waals surface area contributed by atoms with Gasteiger partial charge in [-0.1, -0.05) is 0 Å². The summed E-state index contributed by atoms with van der Waals surface area (Å²) in [5, 5.41) is 6.93. The molecule has 0 spiro atoms. The highest BCUT2D eigenvalue weighted by atomic mass is 15.4. The first-order valence-corrected chi connectivity index (χ1v) is 1.85. The van der Waals surface area contributed by atoms with Crippen LogP contribution in [0.25, 0.3) is 0 Å². The molecule has 0 aliphatic carbocycles. The van der Waals surface area contributed by atoms with E-state index in [9.17, 15) is 0 Å². The van der Waals surface area contributed by atoms with Gasteiger partial charge in [-0.05, 0) is 6.92 Å². The minimum Gasteiger partial charge on any atom is -0.336 e. The van der Waals surface area contributed by atoms with Gasteiger partial charge in [0, 0.05) is 0 Å². The molecule has 4 heteroatoms. The second kappa shape index (κ2) is 1.22.